The topological polar surface area (TPSA) is 65.8 Å². The van der Waals surface area contributed by atoms with Crippen LogP contribution in [0.1, 0.15) is 36.6 Å². The van der Waals surface area contributed by atoms with Crippen molar-refractivity contribution >= 4 is 46.1 Å². The van der Waals surface area contributed by atoms with Gasteiger partial charge in [-0.15, -0.1) is 0 Å². The first kappa shape index (κ1) is 19.0. The number of fused-ring (bicyclic) bond motifs is 2. The SMILES string of the molecule is CC1Cc2cc(Cl)ccc2C2N3C(=NC2(C)c2ccc(Cl)nc2)SC(C(=O)O)=C13. The fourth-order valence-corrected chi connectivity index (χ4v) is 6.16. The summed E-state index contributed by atoms with van der Waals surface area (Å²) in [6.45, 7) is 4.13. The molecule has 29 heavy (non-hydrogen) atoms. The molecule has 0 amide bonds. The molecule has 3 aliphatic rings. The van der Waals surface area contributed by atoms with E-state index < -0.39 is 11.5 Å². The summed E-state index contributed by atoms with van der Waals surface area (Å²) < 4.78 is 0. The zero-order chi connectivity index (χ0) is 20.5. The standard InChI is InChI=1S/C21H17Cl2N3O2S/c1-10-7-11-8-13(22)4-5-14(11)18-21(2,12-3-6-15(23)24-9-12)25-20-26(18)16(10)17(29-20)19(27)28/h3-6,8-10,18H,7H2,1-2H3,(H,27,28). The van der Waals surface area contributed by atoms with Crippen LogP contribution in [0.3, 0.4) is 0 Å². The Morgan fingerprint density at radius 3 is 2.79 bits per heavy atom. The van der Waals surface area contributed by atoms with Gasteiger partial charge in [-0.1, -0.05) is 42.3 Å². The van der Waals surface area contributed by atoms with Gasteiger partial charge in [-0.25, -0.2) is 14.8 Å². The molecule has 148 valence electrons. The molecule has 5 nitrogen and oxygen atoms in total. The minimum Gasteiger partial charge on any atom is -0.477 e. The van der Waals surface area contributed by atoms with Crippen molar-refractivity contribution < 1.29 is 9.90 Å². The lowest BCUT2D eigenvalue weighted by Gasteiger charge is -2.35. The van der Waals surface area contributed by atoms with E-state index in [4.69, 9.17) is 28.2 Å². The van der Waals surface area contributed by atoms with Crippen LogP contribution in [-0.4, -0.2) is 26.1 Å². The third-order valence-corrected chi connectivity index (χ3v) is 7.43. The van der Waals surface area contributed by atoms with Crippen molar-refractivity contribution in [1.29, 1.82) is 0 Å². The number of carboxylic acid groups (broad SMARTS) is 1. The molecule has 0 spiro atoms. The second kappa shape index (κ2) is 6.49. The van der Waals surface area contributed by atoms with Crippen molar-refractivity contribution in [2.75, 3.05) is 0 Å². The number of pyridine rings is 1. The van der Waals surface area contributed by atoms with Crippen LogP contribution < -0.4 is 0 Å². The number of hydrogen-bond donors (Lipinski definition) is 1. The third-order valence-electron chi connectivity index (χ3n) is 5.91. The Morgan fingerprint density at radius 2 is 2.10 bits per heavy atom. The molecule has 3 aliphatic heterocycles. The summed E-state index contributed by atoms with van der Waals surface area (Å²) in [6.07, 6.45) is 2.47. The summed E-state index contributed by atoms with van der Waals surface area (Å²) in [7, 11) is 0. The van der Waals surface area contributed by atoms with Gasteiger partial charge in [0.25, 0.3) is 0 Å². The lowest BCUT2D eigenvalue weighted by molar-refractivity contribution is -0.131. The average molecular weight is 446 g/mol. The summed E-state index contributed by atoms with van der Waals surface area (Å²) in [6, 6.07) is 9.44. The molecule has 3 unspecified atom stereocenters. The van der Waals surface area contributed by atoms with Gasteiger partial charge in [-0.3, -0.25) is 0 Å². The van der Waals surface area contributed by atoms with Crippen LogP contribution in [0.5, 0.6) is 0 Å². The molecule has 2 aromatic rings. The first-order chi connectivity index (χ1) is 13.8. The molecular formula is C21H17Cl2N3O2S. The smallest absolute Gasteiger partial charge is 0.344 e. The van der Waals surface area contributed by atoms with E-state index in [2.05, 4.69) is 23.7 Å². The van der Waals surface area contributed by atoms with Crippen LogP contribution >= 0.6 is 35.0 Å². The lowest BCUT2D eigenvalue weighted by atomic mass is 9.81. The minimum atomic E-state index is -0.911. The molecule has 5 rings (SSSR count). The van der Waals surface area contributed by atoms with Crippen LogP contribution in [0.25, 0.3) is 0 Å². The average Bonchev–Trinajstić information content (AvgIpc) is 3.11. The lowest BCUT2D eigenvalue weighted by Crippen LogP contribution is -2.35. The molecule has 1 N–H and O–H groups in total. The largest absolute Gasteiger partial charge is 0.477 e. The van der Waals surface area contributed by atoms with E-state index in [1.54, 1.807) is 12.3 Å². The van der Waals surface area contributed by atoms with E-state index in [1.807, 2.05) is 24.3 Å². The second-order valence-electron chi connectivity index (χ2n) is 7.75. The number of carbonyl (C=O) groups is 1. The predicted molar refractivity (Wildman–Crippen MR) is 115 cm³/mol. The minimum absolute atomic E-state index is 0.0224. The van der Waals surface area contributed by atoms with Gasteiger partial charge in [0.1, 0.15) is 15.6 Å². The Labute approximate surface area is 182 Å². The van der Waals surface area contributed by atoms with Crippen molar-refractivity contribution in [1.82, 2.24) is 9.88 Å². The molecule has 1 aromatic carbocycles. The highest BCUT2D eigenvalue weighted by atomic mass is 35.5. The van der Waals surface area contributed by atoms with Crippen molar-refractivity contribution in [2.45, 2.75) is 31.8 Å². The maximum absolute atomic E-state index is 12.0. The number of aliphatic carboxylic acids is 1. The van der Waals surface area contributed by atoms with E-state index in [9.17, 15) is 9.90 Å². The van der Waals surface area contributed by atoms with Gasteiger partial charge >= 0.3 is 5.97 Å². The second-order valence-corrected chi connectivity index (χ2v) is 9.56. The number of aromatic nitrogens is 1. The zero-order valence-corrected chi connectivity index (χ0v) is 18.0. The number of allylic oxidation sites excluding steroid dienone is 1. The number of aliphatic imine (C=N–C) groups is 1. The Hall–Kier alpha value is -2.02. The Bertz CT molecular complexity index is 1120. The normalized spacial score (nSPS) is 27.4. The number of amidine groups is 1. The van der Waals surface area contributed by atoms with Gasteiger partial charge in [0.2, 0.25) is 0 Å². The number of hydrogen-bond acceptors (Lipinski definition) is 5. The number of rotatable bonds is 2. The molecular weight excluding hydrogens is 429 g/mol. The van der Waals surface area contributed by atoms with E-state index in [1.165, 1.54) is 11.8 Å². The quantitative estimate of drug-likeness (QED) is 0.639. The van der Waals surface area contributed by atoms with Crippen molar-refractivity contribution in [2.24, 2.45) is 10.9 Å². The molecule has 8 heteroatoms. The van der Waals surface area contributed by atoms with E-state index in [0.29, 0.717) is 15.1 Å². The highest BCUT2D eigenvalue weighted by Gasteiger charge is 2.55. The first-order valence-corrected chi connectivity index (χ1v) is 10.8. The van der Waals surface area contributed by atoms with Gasteiger partial charge < -0.3 is 10.0 Å². The molecule has 3 atom stereocenters. The summed E-state index contributed by atoms with van der Waals surface area (Å²) in [4.78, 5) is 23.8. The molecule has 0 fully saturated rings. The highest BCUT2D eigenvalue weighted by Crippen LogP contribution is 2.58. The number of carboxylic acids is 1. The molecule has 0 bridgehead atoms. The van der Waals surface area contributed by atoms with E-state index in [-0.39, 0.29) is 12.0 Å². The molecule has 1 aromatic heterocycles. The van der Waals surface area contributed by atoms with Crippen molar-refractivity contribution in [3.05, 3.63) is 74.0 Å². The van der Waals surface area contributed by atoms with Gasteiger partial charge in [0.05, 0.1) is 6.04 Å². The van der Waals surface area contributed by atoms with Crippen molar-refractivity contribution in [3.63, 3.8) is 0 Å². The molecule has 0 aliphatic carbocycles. The van der Waals surface area contributed by atoms with E-state index >= 15 is 0 Å². The predicted octanol–water partition coefficient (Wildman–Crippen LogP) is 5.25. The van der Waals surface area contributed by atoms with E-state index in [0.717, 1.165) is 34.0 Å². The van der Waals surface area contributed by atoms with Gasteiger partial charge in [0.15, 0.2) is 5.17 Å². The Kier molecular flexibility index (Phi) is 4.25. The van der Waals surface area contributed by atoms with Crippen molar-refractivity contribution in [3.8, 4) is 0 Å². The zero-order valence-electron chi connectivity index (χ0n) is 15.7. The van der Waals surface area contributed by atoms with Crippen LogP contribution in [-0.2, 0) is 16.8 Å². The Morgan fingerprint density at radius 1 is 1.31 bits per heavy atom. The third kappa shape index (κ3) is 2.73. The molecule has 4 heterocycles. The summed E-state index contributed by atoms with van der Waals surface area (Å²) in [5, 5.41) is 11.6. The van der Waals surface area contributed by atoms with Gasteiger partial charge in [0, 0.05) is 28.4 Å². The summed E-state index contributed by atoms with van der Waals surface area (Å²) in [5.74, 6) is -0.888. The first-order valence-electron chi connectivity index (χ1n) is 9.24. The Balaban J connectivity index is 1.77. The van der Waals surface area contributed by atoms with Crippen LogP contribution in [0.2, 0.25) is 10.2 Å². The summed E-state index contributed by atoms with van der Waals surface area (Å²) >= 11 is 13.6. The number of halogens is 2. The highest BCUT2D eigenvalue weighted by molar-refractivity contribution is 8.18. The van der Waals surface area contributed by atoms with Gasteiger partial charge in [-0.05, 0) is 54.4 Å². The number of thioether (sulfide) groups is 1. The molecule has 0 radical (unpaired) electrons. The fraction of sp³-hybridized carbons (Fsp3) is 0.286. The monoisotopic (exact) mass is 445 g/mol. The number of nitrogens with zero attached hydrogens (tertiary/aromatic N) is 3. The van der Waals surface area contributed by atoms with Crippen LogP contribution in [0, 0.1) is 5.92 Å². The van der Waals surface area contributed by atoms with Gasteiger partial charge in [-0.2, -0.15) is 0 Å². The van der Waals surface area contributed by atoms with Crippen LogP contribution in [0.4, 0.5) is 0 Å². The number of benzene rings is 1. The molecule has 0 saturated heterocycles. The fourth-order valence-electron chi connectivity index (χ4n) is 4.64. The summed E-state index contributed by atoms with van der Waals surface area (Å²) in [5.41, 5.74) is 3.35. The van der Waals surface area contributed by atoms with Crippen LogP contribution in [0.15, 0.2) is 52.1 Å². The maximum atomic E-state index is 12.0. The maximum Gasteiger partial charge on any atom is 0.344 e. The molecule has 0 saturated carbocycles.